The fourth-order valence-corrected chi connectivity index (χ4v) is 5.82. The van der Waals surface area contributed by atoms with Gasteiger partial charge in [-0.05, 0) is 49.8 Å². The number of benzene rings is 1. The highest BCUT2D eigenvalue weighted by Gasteiger charge is 2.42. The van der Waals surface area contributed by atoms with Crippen LogP contribution in [0.2, 0.25) is 0 Å². The predicted octanol–water partition coefficient (Wildman–Crippen LogP) is 2.45. The number of phenolic OH excluding ortho intramolecular Hbond substituents is 1. The van der Waals surface area contributed by atoms with Crippen LogP contribution < -0.4 is 21.3 Å². The topological polar surface area (TPSA) is 120 Å². The lowest BCUT2D eigenvalue weighted by atomic mass is 10.0. The van der Waals surface area contributed by atoms with Crippen LogP contribution >= 0.6 is 11.8 Å². The molecule has 1 unspecified atom stereocenters. The molecule has 8 nitrogen and oxygen atoms in total. The molecule has 2 aliphatic rings. The van der Waals surface area contributed by atoms with Crippen molar-refractivity contribution in [2.24, 2.45) is 0 Å². The molecule has 0 spiro atoms. The Balaban J connectivity index is 1.11. The van der Waals surface area contributed by atoms with Crippen molar-refractivity contribution in [3.63, 3.8) is 0 Å². The van der Waals surface area contributed by atoms with Crippen molar-refractivity contribution >= 4 is 29.6 Å². The molecule has 33 heavy (non-hydrogen) atoms. The van der Waals surface area contributed by atoms with E-state index < -0.39 is 0 Å². The molecule has 0 aromatic heterocycles. The summed E-state index contributed by atoms with van der Waals surface area (Å²) in [6, 6.07) is 7.44. The van der Waals surface area contributed by atoms with Gasteiger partial charge in [-0.15, -0.1) is 0 Å². The third kappa shape index (κ3) is 8.79. The highest BCUT2D eigenvalue weighted by molar-refractivity contribution is 8.00. The van der Waals surface area contributed by atoms with Gasteiger partial charge in [0.15, 0.2) is 0 Å². The minimum absolute atomic E-state index is 0.0533. The zero-order valence-electron chi connectivity index (χ0n) is 19.1. The molecule has 9 heteroatoms. The number of hydrogen-bond acceptors (Lipinski definition) is 5. The quantitative estimate of drug-likeness (QED) is 0.209. The number of unbranched alkanes of at least 4 members (excludes halogenated alkanes) is 3. The number of nitrogens with one attached hydrogen (secondary N) is 4. The van der Waals surface area contributed by atoms with Crippen molar-refractivity contribution in [3.05, 3.63) is 29.8 Å². The van der Waals surface area contributed by atoms with E-state index in [1.807, 2.05) is 23.9 Å². The van der Waals surface area contributed by atoms with Gasteiger partial charge in [0.05, 0.1) is 12.1 Å². The number of carbonyl (C=O) groups is 3. The number of fused-ring (bicyclic) bond motifs is 1. The fraction of sp³-hybridized carbons (Fsp3) is 0.625. The van der Waals surface area contributed by atoms with Gasteiger partial charge in [0.25, 0.3) is 0 Å². The van der Waals surface area contributed by atoms with Crippen molar-refractivity contribution in [2.75, 3.05) is 18.8 Å². The summed E-state index contributed by atoms with van der Waals surface area (Å²) in [5, 5.41) is 21.6. The summed E-state index contributed by atoms with van der Waals surface area (Å²) in [7, 11) is 0. The summed E-state index contributed by atoms with van der Waals surface area (Å²) in [5.41, 5.74) is 1.08. The van der Waals surface area contributed by atoms with Crippen LogP contribution in [0.15, 0.2) is 24.3 Å². The zero-order valence-corrected chi connectivity index (χ0v) is 19.9. The van der Waals surface area contributed by atoms with E-state index in [0.29, 0.717) is 31.2 Å². The first kappa shape index (κ1) is 25.2. The van der Waals surface area contributed by atoms with Gasteiger partial charge in [0.1, 0.15) is 5.75 Å². The third-order valence-corrected chi connectivity index (χ3v) is 7.66. The van der Waals surface area contributed by atoms with Crippen LogP contribution in [-0.2, 0) is 16.0 Å². The monoisotopic (exact) mass is 476 g/mol. The minimum Gasteiger partial charge on any atom is -0.508 e. The van der Waals surface area contributed by atoms with Gasteiger partial charge in [-0.25, -0.2) is 4.79 Å². The summed E-state index contributed by atoms with van der Waals surface area (Å²) in [4.78, 5) is 35.3. The Morgan fingerprint density at radius 3 is 2.39 bits per heavy atom. The lowest BCUT2D eigenvalue weighted by molar-refractivity contribution is -0.122. The molecule has 1 aromatic rings. The first-order valence-electron chi connectivity index (χ1n) is 12.0. The van der Waals surface area contributed by atoms with E-state index in [1.54, 1.807) is 12.1 Å². The average molecular weight is 477 g/mol. The molecule has 1 aromatic carbocycles. The molecule has 2 aliphatic heterocycles. The van der Waals surface area contributed by atoms with Crippen molar-refractivity contribution in [3.8, 4) is 5.75 Å². The van der Waals surface area contributed by atoms with Crippen LogP contribution in [0, 0.1) is 0 Å². The van der Waals surface area contributed by atoms with Crippen molar-refractivity contribution in [1.29, 1.82) is 0 Å². The summed E-state index contributed by atoms with van der Waals surface area (Å²) in [5.74, 6) is 1.36. The number of rotatable bonds is 14. The number of carbonyl (C=O) groups excluding carboxylic acids is 3. The van der Waals surface area contributed by atoms with Gasteiger partial charge in [-0.1, -0.05) is 25.0 Å². The number of hydrogen-bond donors (Lipinski definition) is 5. The van der Waals surface area contributed by atoms with Gasteiger partial charge < -0.3 is 26.4 Å². The molecule has 2 fully saturated rings. The van der Waals surface area contributed by atoms with E-state index in [1.165, 1.54) is 0 Å². The molecule has 3 rings (SSSR count). The lowest BCUT2D eigenvalue weighted by Gasteiger charge is -2.16. The molecule has 3 atom stereocenters. The molecule has 5 N–H and O–H groups in total. The Hall–Kier alpha value is -2.42. The Morgan fingerprint density at radius 2 is 1.64 bits per heavy atom. The number of amides is 4. The van der Waals surface area contributed by atoms with Crippen LogP contribution in [0.1, 0.15) is 56.9 Å². The van der Waals surface area contributed by atoms with Gasteiger partial charge in [-0.2, -0.15) is 11.8 Å². The first-order chi connectivity index (χ1) is 16.0. The van der Waals surface area contributed by atoms with Gasteiger partial charge >= 0.3 is 6.03 Å². The molecule has 2 saturated heterocycles. The largest absolute Gasteiger partial charge is 0.508 e. The van der Waals surface area contributed by atoms with E-state index in [-0.39, 0.29) is 35.7 Å². The van der Waals surface area contributed by atoms with Crippen molar-refractivity contribution in [1.82, 2.24) is 21.3 Å². The number of thioether (sulfide) groups is 1. The second-order valence-electron chi connectivity index (χ2n) is 8.79. The standard InChI is InChI=1S/C24H36N4O4S/c29-18-11-9-17(10-12-18)13-15-26-22(31)7-2-1-5-14-25-21(30)8-4-3-6-20-23-19(16-33-20)27-24(32)28-23/h9-12,19-20,23,29H,1-8,13-16H2,(H,25,30)(H,26,31)(H2,27,28,32)/t19?,20-,23-/m0/s1. The third-order valence-electron chi connectivity index (χ3n) is 6.16. The Labute approximate surface area is 200 Å². The Bertz CT molecular complexity index is 789. The van der Waals surface area contributed by atoms with E-state index in [4.69, 9.17) is 0 Å². The molecule has 0 aliphatic carbocycles. The predicted molar refractivity (Wildman–Crippen MR) is 130 cm³/mol. The normalized spacial score (nSPS) is 21.2. The van der Waals surface area contributed by atoms with Crippen LogP contribution in [0.25, 0.3) is 0 Å². The van der Waals surface area contributed by atoms with Crippen LogP contribution in [0.3, 0.4) is 0 Å². The van der Waals surface area contributed by atoms with Crippen LogP contribution in [0.5, 0.6) is 5.75 Å². The van der Waals surface area contributed by atoms with E-state index in [2.05, 4.69) is 21.3 Å². The number of phenols is 1. The highest BCUT2D eigenvalue weighted by atomic mass is 32.2. The Kier molecular flexibility index (Phi) is 10.2. The average Bonchev–Trinajstić information content (AvgIpc) is 3.34. The second kappa shape index (κ2) is 13.3. The fourth-order valence-electron chi connectivity index (χ4n) is 4.27. The SMILES string of the molecule is O=C(CCCC[C@@H]1SCC2NC(=O)N[C@@H]21)NCCCCCC(=O)NCCc1ccc(O)cc1. The molecular formula is C24H36N4O4S. The Morgan fingerprint density at radius 1 is 0.939 bits per heavy atom. The molecule has 4 amide bonds. The van der Waals surface area contributed by atoms with Gasteiger partial charge in [0.2, 0.25) is 11.8 Å². The van der Waals surface area contributed by atoms with Crippen LogP contribution in [0.4, 0.5) is 4.79 Å². The van der Waals surface area contributed by atoms with Gasteiger partial charge in [0, 0.05) is 36.9 Å². The minimum atomic E-state index is -0.0547. The molecule has 0 radical (unpaired) electrons. The summed E-state index contributed by atoms with van der Waals surface area (Å²) < 4.78 is 0. The maximum absolute atomic E-state index is 12.0. The number of urea groups is 1. The maximum Gasteiger partial charge on any atom is 0.315 e. The maximum atomic E-state index is 12.0. The van der Waals surface area contributed by atoms with E-state index in [9.17, 15) is 19.5 Å². The second-order valence-corrected chi connectivity index (χ2v) is 10.1. The molecular weight excluding hydrogens is 440 g/mol. The zero-order chi connectivity index (χ0) is 23.5. The molecule has 182 valence electrons. The van der Waals surface area contributed by atoms with E-state index >= 15 is 0 Å². The first-order valence-corrected chi connectivity index (χ1v) is 13.1. The summed E-state index contributed by atoms with van der Waals surface area (Å²) >= 11 is 1.91. The molecule has 0 saturated carbocycles. The van der Waals surface area contributed by atoms with Crippen molar-refractivity contribution < 1.29 is 19.5 Å². The smallest absolute Gasteiger partial charge is 0.315 e. The summed E-state index contributed by atoms with van der Waals surface area (Å²) in [6.45, 7) is 1.24. The molecule has 0 bridgehead atoms. The van der Waals surface area contributed by atoms with Gasteiger partial charge in [-0.3, -0.25) is 9.59 Å². The van der Waals surface area contributed by atoms with Crippen LogP contribution in [-0.4, -0.2) is 59.1 Å². The number of aromatic hydroxyl groups is 1. The lowest BCUT2D eigenvalue weighted by Crippen LogP contribution is -2.36. The molecule has 2 heterocycles. The van der Waals surface area contributed by atoms with Crippen molar-refractivity contribution in [2.45, 2.75) is 75.1 Å². The van der Waals surface area contributed by atoms with E-state index in [0.717, 1.165) is 56.3 Å². The highest BCUT2D eigenvalue weighted by Crippen LogP contribution is 2.33. The summed E-state index contributed by atoms with van der Waals surface area (Å²) in [6.07, 6.45) is 7.27.